The average Bonchev–Trinajstić information content (AvgIpc) is 3.25. The second-order valence-corrected chi connectivity index (χ2v) is 9.95. The Kier molecular flexibility index (Phi) is 7.31. The number of primary amides is 1. The van der Waals surface area contributed by atoms with Crippen molar-refractivity contribution in [2.45, 2.75) is 38.8 Å². The van der Waals surface area contributed by atoms with Gasteiger partial charge in [0.15, 0.2) is 18.1 Å². The van der Waals surface area contributed by atoms with Crippen LogP contribution in [0.4, 0.5) is 5.82 Å². The van der Waals surface area contributed by atoms with Gasteiger partial charge in [0.2, 0.25) is 0 Å². The third kappa shape index (κ3) is 5.50. The average molecular weight is 498 g/mol. The van der Waals surface area contributed by atoms with Crippen molar-refractivity contribution in [1.82, 2.24) is 14.9 Å². The first-order chi connectivity index (χ1) is 17.1. The molecular weight excluding hydrogens is 466 g/mol. The van der Waals surface area contributed by atoms with Gasteiger partial charge in [-0.05, 0) is 48.9 Å². The van der Waals surface area contributed by atoms with Crippen molar-refractivity contribution in [2.24, 2.45) is 5.73 Å². The molecule has 3 N–H and O–H groups in total. The molecular formula is C25H31N5O4S. The number of hydrogen-bond donors (Lipinski definition) is 2. The van der Waals surface area contributed by atoms with Gasteiger partial charge in [0.05, 0.1) is 32.3 Å². The Morgan fingerprint density at radius 1 is 1.20 bits per heavy atom. The Hall–Kier alpha value is -2.95. The second-order valence-electron chi connectivity index (χ2n) is 8.86. The van der Waals surface area contributed by atoms with E-state index in [1.165, 1.54) is 28.7 Å². The molecule has 10 heteroatoms. The molecule has 5 rings (SSSR count). The van der Waals surface area contributed by atoms with E-state index in [0.717, 1.165) is 67.7 Å². The summed E-state index contributed by atoms with van der Waals surface area (Å²) in [6.45, 7) is 4.39. The number of anilines is 1. The minimum Gasteiger partial charge on any atom is -0.493 e. The molecule has 186 valence electrons. The van der Waals surface area contributed by atoms with Crippen molar-refractivity contribution in [3.63, 3.8) is 0 Å². The number of benzene rings is 1. The maximum Gasteiger partial charge on any atom is 0.255 e. The van der Waals surface area contributed by atoms with Gasteiger partial charge in [0.25, 0.3) is 5.91 Å². The van der Waals surface area contributed by atoms with Gasteiger partial charge >= 0.3 is 0 Å². The van der Waals surface area contributed by atoms with E-state index in [9.17, 15) is 4.79 Å². The zero-order valence-corrected chi connectivity index (χ0v) is 20.8. The maximum absolute atomic E-state index is 11.1. The number of ether oxygens (including phenoxy) is 3. The number of morpholine rings is 1. The summed E-state index contributed by atoms with van der Waals surface area (Å²) in [4.78, 5) is 25.9. The van der Waals surface area contributed by atoms with Crippen LogP contribution < -0.4 is 20.5 Å². The molecule has 1 aliphatic heterocycles. The number of rotatable bonds is 9. The fourth-order valence-corrected chi connectivity index (χ4v) is 5.92. The van der Waals surface area contributed by atoms with E-state index < -0.39 is 5.91 Å². The number of nitrogens with zero attached hydrogens (tertiary/aromatic N) is 3. The van der Waals surface area contributed by atoms with Crippen LogP contribution >= 0.6 is 11.3 Å². The van der Waals surface area contributed by atoms with Crippen molar-refractivity contribution in [1.29, 1.82) is 0 Å². The first kappa shape index (κ1) is 23.8. The van der Waals surface area contributed by atoms with Crippen LogP contribution in [-0.2, 0) is 35.5 Å². The molecule has 3 heterocycles. The number of hydrogen-bond acceptors (Lipinski definition) is 9. The fraction of sp³-hybridized carbons (Fsp3) is 0.480. The van der Waals surface area contributed by atoms with Crippen LogP contribution in [0.2, 0.25) is 0 Å². The number of aromatic nitrogens is 2. The van der Waals surface area contributed by atoms with Gasteiger partial charge in [-0.1, -0.05) is 6.07 Å². The Morgan fingerprint density at radius 3 is 2.83 bits per heavy atom. The van der Waals surface area contributed by atoms with Crippen LogP contribution in [0, 0.1) is 0 Å². The SMILES string of the molecule is COc1cc(CNc2nc(CN3CCOCC3)nc3sc4c(c23)CCCC4)ccc1OCC(N)=O. The highest BCUT2D eigenvalue weighted by molar-refractivity contribution is 7.19. The number of carbonyl (C=O) groups is 1. The number of carbonyl (C=O) groups excluding carboxylic acids is 1. The topological polar surface area (TPSA) is 112 Å². The molecule has 0 unspecified atom stereocenters. The Labute approximate surface area is 208 Å². The van der Waals surface area contributed by atoms with Crippen molar-refractivity contribution < 1.29 is 19.0 Å². The molecule has 1 fully saturated rings. The predicted octanol–water partition coefficient (Wildman–Crippen LogP) is 2.89. The highest BCUT2D eigenvalue weighted by Gasteiger charge is 2.22. The Bertz CT molecular complexity index is 1210. The van der Waals surface area contributed by atoms with E-state index in [1.807, 2.05) is 23.5 Å². The standard InChI is InChI=1S/C25H31N5O4S/c1-32-19-12-16(6-7-18(19)34-15-21(26)31)13-27-24-23-17-4-2-3-5-20(17)35-25(23)29-22(28-24)14-30-8-10-33-11-9-30/h6-7,12H,2-5,8-11,13-15H2,1H3,(H2,26,31)(H,27,28,29). The molecule has 1 amide bonds. The third-order valence-electron chi connectivity index (χ3n) is 6.39. The van der Waals surface area contributed by atoms with E-state index in [-0.39, 0.29) is 6.61 Å². The van der Waals surface area contributed by atoms with Crippen LogP contribution in [0.15, 0.2) is 18.2 Å². The largest absolute Gasteiger partial charge is 0.493 e. The molecule has 1 aromatic carbocycles. The third-order valence-corrected chi connectivity index (χ3v) is 7.57. The molecule has 0 atom stereocenters. The van der Waals surface area contributed by atoms with Gasteiger partial charge in [-0.15, -0.1) is 11.3 Å². The fourth-order valence-electron chi connectivity index (χ4n) is 4.64. The van der Waals surface area contributed by atoms with E-state index in [4.69, 9.17) is 29.9 Å². The quantitative estimate of drug-likeness (QED) is 0.464. The summed E-state index contributed by atoms with van der Waals surface area (Å²) in [5, 5.41) is 4.75. The lowest BCUT2D eigenvalue weighted by molar-refractivity contribution is -0.119. The van der Waals surface area contributed by atoms with Crippen LogP contribution in [0.5, 0.6) is 11.5 Å². The number of amides is 1. The van der Waals surface area contributed by atoms with E-state index in [0.29, 0.717) is 18.0 Å². The molecule has 9 nitrogen and oxygen atoms in total. The molecule has 2 aliphatic rings. The Morgan fingerprint density at radius 2 is 2.03 bits per heavy atom. The summed E-state index contributed by atoms with van der Waals surface area (Å²) in [6.07, 6.45) is 4.65. The maximum atomic E-state index is 11.1. The zero-order chi connectivity index (χ0) is 24.2. The molecule has 3 aromatic rings. The normalized spacial score (nSPS) is 16.1. The summed E-state index contributed by atoms with van der Waals surface area (Å²) in [5.41, 5.74) is 7.61. The van der Waals surface area contributed by atoms with Crippen LogP contribution in [0.25, 0.3) is 10.2 Å². The number of aryl methyl sites for hydroxylation is 2. The van der Waals surface area contributed by atoms with Crippen LogP contribution in [0.1, 0.15) is 34.7 Å². The van der Waals surface area contributed by atoms with Crippen LogP contribution in [0.3, 0.4) is 0 Å². The number of nitrogens with two attached hydrogens (primary N) is 1. The monoisotopic (exact) mass is 497 g/mol. The van der Waals surface area contributed by atoms with E-state index in [2.05, 4.69) is 10.2 Å². The second kappa shape index (κ2) is 10.8. The molecule has 0 spiro atoms. The summed E-state index contributed by atoms with van der Waals surface area (Å²) in [5.74, 6) is 2.25. The molecule has 0 bridgehead atoms. The number of nitrogens with one attached hydrogen (secondary N) is 1. The van der Waals surface area contributed by atoms with Gasteiger partial charge in [-0.2, -0.15) is 0 Å². The van der Waals surface area contributed by atoms with E-state index >= 15 is 0 Å². The van der Waals surface area contributed by atoms with E-state index in [1.54, 1.807) is 13.2 Å². The smallest absolute Gasteiger partial charge is 0.255 e. The van der Waals surface area contributed by atoms with Crippen molar-refractivity contribution >= 4 is 33.3 Å². The molecule has 1 aliphatic carbocycles. The lowest BCUT2D eigenvalue weighted by Crippen LogP contribution is -2.36. The molecule has 0 radical (unpaired) electrons. The van der Waals surface area contributed by atoms with Gasteiger partial charge in [0, 0.05) is 24.5 Å². The summed E-state index contributed by atoms with van der Waals surface area (Å²) in [7, 11) is 1.58. The molecule has 35 heavy (non-hydrogen) atoms. The highest BCUT2D eigenvalue weighted by Crippen LogP contribution is 2.39. The van der Waals surface area contributed by atoms with Gasteiger partial charge < -0.3 is 25.3 Å². The number of thiophene rings is 1. The number of methoxy groups -OCH3 is 1. The molecule has 0 saturated carbocycles. The number of fused-ring (bicyclic) bond motifs is 3. The van der Waals surface area contributed by atoms with Crippen LogP contribution in [-0.4, -0.2) is 60.8 Å². The first-order valence-electron chi connectivity index (χ1n) is 12.0. The van der Waals surface area contributed by atoms with Gasteiger partial charge in [-0.25, -0.2) is 9.97 Å². The van der Waals surface area contributed by atoms with Crippen molar-refractivity contribution in [2.75, 3.05) is 45.3 Å². The minimum atomic E-state index is -0.530. The first-order valence-corrected chi connectivity index (χ1v) is 12.9. The van der Waals surface area contributed by atoms with Crippen molar-refractivity contribution in [3.8, 4) is 11.5 Å². The summed E-state index contributed by atoms with van der Waals surface area (Å²) in [6, 6.07) is 5.64. The lowest BCUT2D eigenvalue weighted by Gasteiger charge is -2.25. The molecule has 2 aromatic heterocycles. The van der Waals surface area contributed by atoms with Gasteiger partial charge in [-0.3, -0.25) is 9.69 Å². The molecule has 1 saturated heterocycles. The Balaban J connectivity index is 1.41. The minimum absolute atomic E-state index is 0.192. The highest BCUT2D eigenvalue weighted by atomic mass is 32.1. The summed E-state index contributed by atoms with van der Waals surface area (Å²) >= 11 is 1.82. The summed E-state index contributed by atoms with van der Waals surface area (Å²) < 4.78 is 16.4. The predicted molar refractivity (Wildman–Crippen MR) is 135 cm³/mol. The zero-order valence-electron chi connectivity index (χ0n) is 20.0. The van der Waals surface area contributed by atoms with Crippen molar-refractivity contribution in [3.05, 3.63) is 40.0 Å². The van der Waals surface area contributed by atoms with Gasteiger partial charge in [0.1, 0.15) is 16.5 Å². The lowest BCUT2D eigenvalue weighted by atomic mass is 9.97.